The zero-order chi connectivity index (χ0) is 11.6. The van der Waals surface area contributed by atoms with E-state index in [4.69, 9.17) is 0 Å². The van der Waals surface area contributed by atoms with E-state index in [1.807, 2.05) is 0 Å². The van der Waals surface area contributed by atoms with Gasteiger partial charge in [-0.05, 0) is 44.6 Å². The van der Waals surface area contributed by atoms with Crippen LogP contribution in [0.5, 0.6) is 0 Å². The summed E-state index contributed by atoms with van der Waals surface area (Å²) in [6, 6.07) is 0. The van der Waals surface area contributed by atoms with Crippen molar-refractivity contribution in [1.29, 1.82) is 0 Å². The number of rotatable bonds is 3. The molecule has 0 amide bonds. The molecule has 1 heterocycles. The fraction of sp³-hybridized carbons (Fsp3) is 1.00. The Balaban J connectivity index is 1.96. The van der Waals surface area contributed by atoms with E-state index in [2.05, 4.69) is 5.32 Å². The molecule has 0 aromatic carbocycles. The van der Waals surface area contributed by atoms with Crippen LogP contribution < -0.4 is 5.32 Å². The summed E-state index contributed by atoms with van der Waals surface area (Å²) in [4.78, 5) is 0. The maximum atomic E-state index is 12.3. The van der Waals surface area contributed by atoms with Gasteiger partial charge in [-0.1, -0.05) is 12.8 Å². The molecule has 1 aliphatic carbocycles. The number of hydrogen-bond donors (Lipinski definition) is 1. The minimum atomic E-state index is -4.00. The second kappa shape index (κ2) is 4.55. The molecule has 0 aromatic heterocycles. The lowest BCUT2D eigenvalue weighted by molar-refractivity contribution is -0.139. The maximum absolute atomic E-state index is 12.3. The third-order valence-electron chi connectivity index (χ3n) is 3.99. The van der Waals surface area contributed by atoms with Gasteiger partial charge in [0.1, 0.15) is 0 Å². The van der Waals surface area contributed by atoms with Gasteiger partial charge < -0.3 is 5.32 Å². The van der Waals surface area contributed by atoms with Gasteiger partial charge in [-0.15, -0.1) is 0 Å². The highest BCUT2D eigenvalue weighted by molar-refractivity contribution is 5.01. The Morgan fingerprint density at radius 1 is 1.12 bits per heavy atom. The van der Waals surface area contributed by atoms with E-state index in [1.165, 1.54) is 0 Å². The van der Waals surface area contributed by atoms with Crippen molar-refractivity contribution in [3.63, 3.8) is 0 Å². The Kier molecular flexibility index (Phi) is 3.48. The Bertz CT molecular complexity index is 225. The van der Waals surface area contributed by atoms with Gasteiger partial charge >= 0.3 is 6.18 Å². The van der Waals surface area contributed by atoms with Crippen LogP contribution in [-0.2, 0) is 0 Å². The largest absolute Gasteiger partial charge is 0.389 e. The maximum Gasteiger partial charge on any atom is 0.389 e. The van der Waals surface area contributed by atoms with E-state index in [9.17, 15) is 13.2 Å². The van der Waals surface area contributed by atoms with Gasteiger partial charge in [0.05, 0.1) is 0 Å². The monoisotopic (exact) mass is 235 g/mol. The average molecular weight is 235 g/mol. The minimum absolute atomic E-state index is 0.188. The molecule has 1 atom stereocenters. The van der Waals surface area contributed by atoms with Crippen LogP contribution in [0.15, 0.2) is 0 Å². The Labute approximate surface area is 94.8 Å². The normalized spacial score (nSPS) is 32.4. The van der Waals surface area contributed by atoms with Crippen molar-refractivity contribution in [2.45, 2.75) is 63.1 Å². The molecule has 0 radical (unpaired) electrons. The summed E-state index contributed by atoms with van der Waals surface area (Å²) < 4.78 is 37.0. The summed E-state index contributed by atoms with van der Waals surface area (Å²) >= 11 is 0. The molecule has 2 rings (SSSR count). The molecule has 2 fully saturated rings. The molecule has 4 heteroatoms. The van der Waals surface area contributed by atoms with Crippen LogP contribution in [0.3, 0.4) is 0 Å². The summed E-state index contributed by atoms with van der Waals surface area (Å²) in [6.07, 6.45) is 2.17. The van der Waals surface area contributed by atoms with Crippen molar-refractivity contribution < 1.29 is 13.2 Å². The van der Waals surface area contributed by atoms with Crippen LogP contribution in [0.1, 0.15) is 51.4 Å². The minimum Gasteiger partial charge on any atom is -0.311 e. The van der Waals surface area contributed by atoms with Crippen LogP contribution in [-0.4, -0.2) is 18.3 Å². The molecule has 2 aliphatic rings. The highest BCUT2D eigenvalue weighted by Gasteiger charge is 2.46. The van der Waals surface area contributed by atoms with E-state index < -0.39 is 12.6 Å². The Morgan fingerprint density at radius 3 is 2.50 bits per heavy atom. The predicted octanol–water partition coefficient (Wildman–Crippen LogP) is 3.64. The summed E-state index contributed by atoms with van der Waals surface area (Å²) in [5.74, 6) is 0.507. The van der Waals surface area contributed by atoms with Crippen molar-refractivity contribution in [3.05, 3.63) is 0 Å². The second-order valence-electron chi connectivity index (χ2n) is 5.28. The highest BCUT2D eigenvalue weighted by atomic mass is 19.4. The van der Waals surface area contributed by atoms with Crippen LogP contribution >= 0.6 is 0 Å². The highest BCUT2D eigenvalue weighted by Crippen LogP contribution is 2.46. The average Bonchev–Trinajstić information content (AvgIpc) is 3.01. The molecule has 16 heavy (non-hydrogen) atoms. The van der Waals surface area contributed by atoms with E-state index in [0.717, 1.165) is 45.1 Å². The lowest BCUT2D eigenvalue weighted by Crippen LogP contribution is -2.47. The first-order valence-electron chi connectivity index (χ1n) is 6.34. The summed E-state index contributed by atoms with van der Waals surface area (Å²) in [5.41, 5.74) is -0.188. The van der Waals surface area contributed by atoms with Crippen molar-refractivity contribution in [2.24, 2.45) is 5.92 Å². The smallest absolute Gasteiger partial charge is 0.311 e. The molecule has 1 N–H and O–H groups in total. The van der Waals surface area contributed by atoms with Gasteiger partial charge in [0.15, 0.2) is 0 Å². The van der Waals surface area contributed by atoms with Gasteiger partial charge in [-0.2, -0.15) is 13.2 Å². The zero-order valence-electron chi connectivity index (χ0n) is 9.58. The molecule has 1 unspecified atom stereocenters. The molecule has 0 spiro atoms. The summed E-state index contributed by atoms with van der Waals surface area (Å²) in [6.45, 7) is 0.897. The standard InChI is InChI=1S/C12H20F3N/c13-12(14,15)8-7-11(10-4-5-10)6-2-1-3-9-16-11/h10,16H,1-9H2. The first kappa shape index (κ1) is 12.2. The molecule has 94 valence electrons. The SMILES string of the molecule is FC(F)(F)CCC1(C2CC2)CCCCCN1. The van der Waals surface area contributed by atoms with Gasteiger partial charge in [-0.25, -0.2) is 0 Å². The van der Waals surface area contributed by atoms with Crippen molar-refractivity contribution in [3.8, 4) is 0 Å². The van der Waals surface area contributed by atoms with E-state index in [-0.39, 0.29) is 12.0 Å². The van der Waals surface area contributed by atoms with Crippen molar-refractivity contribution >= 4 is 0 Å². The molecular weight excluding hydrogens is 215 g/mol. The fourth-order valence-electron chi connectivity index (χ4n) is 2.93. The lowest BCUT2D eigenvalue weighted by Gasteiger charge is -2.34. The summed E-state index contributed by atoms with van der Waals surface area (Å²) in [5, 5.41) is 3.43. The molecule has 1 saturated carbocycles. The first-order valence-corrected chi connectivity index (χ1v) is 6.34. The Hall–Kier alpha value is -0.250. The third-order valence-corrected chi connectivity index (χ3v) is 3.99. The molecule has 0 aromatic rings. The summed E-state index contributed by atoms with van der Waals surface area (Å²) in [7, 11) is 0. The molecular formula is C12H20F3N. The van der Waals surface area contributed by atoms with Gasteiger partial charge in [0.2, 0.25) is 0 Å². The quantitative estimate of drug-likeness (QED) is 0.787. The van der Waals surface area contributed by atoms with Crippen molar-refractivity contribution in [2.75, 3.05) is 6.54 Å². The van der Waals surface area contributed by atoms with Crippen LogP contribution in [0, 0.1) is 5.92 Å². The number of alkyl halides is 3. The first-order chi connectivity index (χ1) is 7.52. The van der Waals surface area contributed by atoms with Gasteiger partial charge in [0, 0.05) is 12.0 Å². The van der Waals surface area contributed by atoms with E-state index in [0.29, 0.717) is 5.92 Å². The zero-order valence-corrected chi connectivity index (χ0v) is 9.58. The Morgan fingerprint density at radius 2 is 1.88 bits per heavy atom. The number of halogens is 3. The van der Waals surface area contributed by atoms with Crippen LogP contribution in [0.4, 0.5) is 13.2 Å². The molecule has 1 aliphatic heterocycles. The second-order valence-corrected chi connectivity index (χ2v) is 5.28. The topological polar surface area (TPSA) is 12.0 Å². The third kappa shape index (κ3) is 3.12. The molecule has 1 saturated heterocycles. The predicted molar refractivity (Wildman–Crippen MR) is 57.2 cm³/mol. The van der Waals surface area contributed by atoms with E-state index in [1.54, 1.807) is 0 Å². The van der Waals surface area contributed by atoms with Gasteiger partial charge in [0.25, 0.3) is 0 Å². The lowest BCUT2D eigenvalue weighted by atomic mass is 9.83. The van der Waals surface area contributed by atoms with Crippen LogP contribution in [0.25, 0.3) is 0 Å². The fourth-order valence-corrected chi connectivity index (χ4v) is 2.93. The van der Waals surface area contributed by atoms with Crippen LogP contribution in [0.2, 0.25) is 0 Å². The molecule has 1 nitrogen and oxygen atoms in total. The number of hydrogen-bond acceptors (Lipinski definition) is 1. The van der Waals surface area contributed by atoms with Crippen molar-refractivity contribution in [1.82, 2.24) is 5.32 Å². The molecule has 0 bridgehead atoms. The van der Waals surface area contributed by atoms with Gasteiger partial charge in [-0.3, -0.25) is 0 Å². The van der Waals surface area contributed by atoms with E-state index >= 15 is 0 Å². The number of nitrogens with one attached hydrogen (secondary N) is 1.